The number of ketones is 1. The molecule has 39 heavy (non-hydrogen) atoms. The molecule has 5 rings (SSSR count). The highest BCUT2D eigenvalue weighted by Gasteiger charge is 2.60. The van der Waals surface area contributed by atoms with Crippen LogP contribution in [0.2, 0.25) is 0 Å². The van der Waals surface area contributed by atoms with E-state index in [1.165, 1.54) is 12.7 Å². The van der Waals surface area contributed by atoms with Gasteiger partial charge in [0.05, 0.1) is 13.5 Å². The number of rotatable bonds is 7. The first kappa shape index (κ1) is 27.6. The molecule has 1 N–H and O–H groups in total. The summed E-state index contributed by atoms with van der Waals surface area (Å²) in [6.07, 6.45) is 9.50. The molecule has 0 spiro atoms. The average molecular weight is 536 g/mol. The number of carbonyl (C=O) groups is 4. The van der Waals surface area contributed by atoms with Gasteiger partial charge in [0.2, 0.25) is 5.91 Å². The minimum atomic E-state index is -0.917. The second-order valence-corrected chi connectivity index (χ2v) is 12.5. The van der Waals surface area contributed by atoms with Gasteiger partial charge in [0.15, 0.2) is 11.8 Å². The van der Waals surface area contributed by atoms with Crippen LogP contribution in [-0.2, 0) is 28.7 Å². The fourth-order valence-electron chi connectivity index (χ4n) is 8.41. The smallest absolute Gasteiger partial charge is 0.333 e. The molecule has 0 radical (unpaired) electrons. The molecule has 0 saturated heterocycles. The van der Waals surface area contributed by atoms with Gasteiger partial charge in [0.25, 0.3) is 0 Å². The summed E-state index contributed by atoms with van der Waals surface area (Å²) >= 11 is 0. The molecule has 0 aromatic heterocycles. The van der Waals surface area contributed by atoms with Crippen molar-refractivity contribution in [3.63, 3.8) is 0 Å². The summed E-state index contributed by atoms with van der Waals surface area (Å²) in [5, 5.41) is 2.70. The Morgan fingerprint density at radius 1 is 0.974 bits per heavy atom. The highest BCUT2D eigenvalue weighted by Crippen LogP contribution is 2.65. The number of allylic oxidation sites excluding steroid dienone is 1. The van der Waals surface area contributed by atoms with Crippen LogP contribution in [0, 0.1) is 28.6 Å². The number of benzene rings is 1. The van der Waals surface area contributed by atoms with Crippen LogP contribution < -0.4 is 5.32 Å². The van der Waals surface area contributed by atoms with E-state index in [1.54, 1.807) is 24.3 Å². The van der Waals surface area contributed by atoms with Crippen molar-refractivity contribution in [2.45, 2.75) is 90.2 Å². The van der Waals surface area contributed by atoms with Crippen molar-refractivity contribution in [3.8, 4) is 0 Å². The van der Waals surface area contributed by atoms with Crippen LogP contribution >= 0.6 is 0 Å². The van der Waals surface area contributed by atoms with E-state index in [0.29, 0.717) is 29.7 Å². The summed E-state index contributed by atoms with van der Waals surface area (Å²) in [6, 6.07) is 7.99. The summed E-state index contributed by atoms with van der Waals surface area (Å²) < 4.78 is 10.9. The number of hydrogen-bond donors (Lipinski definition) is 1. The average Bonchev–Trinajstić information content (AvgIpc) is 3.26. The normalized spacial score (nSPS) is 34.0. The number of ether oxygens (including phenoxy) is 2. The van der Waals surface area contributed by atoms with Crippen LogP contribution in [0.4, 0.5) is 0 Å². The van der Waals surface area contributed by atoms with Gasteiger partial charge in [-0.1, -0.05) is 49.8 Å². The Morgan fingerprint density at radius 3 is 2.49 bits per heavy atom. The number of nitrogens with one attached hydrogen (secondary N) is 1. The zero-order valence-electron chi connectivity index (χ0n) is 23.4. The molecular weight excluding hydrogens is 494 g/mol. The first-order valence-electron chi connectivity index (χ1n) is 14.5. The SMILES string of the molecule is COC(=O)[C@H](NC(=O)CCC(=O)O[C@@H]1CC[C@H]2[C@@H]3CCC4=CC(=O)CC[C@]4(C)[C@H]3CC[C@]12C)c1ccccc1. The summed E-state index contributed by atoms with van der Waals surface area (Å²) in [7, 11) is 1.28. The Balaban J connectivity index is 1.17. The zero-order chi connectivity index (χ0) is 27.8. The molecular formula is C32H41NO6. The maximum absolute atomic E-state index is 12.9. The fourth-order valence-corrected chi connectivity index (χ4v) is 8.41. The van der Waals surface area contributed by atoms with Crippen LogP contribution in [0.5, 0.6) is 0 Å². The van der Waals surface area contributed by atoms with E-state index in [2.05, 4.69) is 19.2 Å². The molecule has 4 aliphatic rings. The minimum absolute atomic E-state index is 0.0297. The highest BCUT2D eigenvalue weighted by atomic mass is 16.5. The Bertz CT molecular complexity index is 1160. The molecule has 0 aliphatic heterocycles. The maximum Gasteiger partial charge on any atom is 0.333 e. The van der Waals surface area contributed by atoms with Crippen molar-refractivity contribution in [3.05, 3.63) is 47.5 Å². The van der Waals surface area contributed by atoms with E-state index in [9.17, 15) is 19.2 Å². The van der Waals surface area contributed by atoms with Gasteiger partial charge < -0.3 is 14.8 Å². The summed E-state index contributed by atoms with van der Waals surface area (Å²) in [5.74, 6) is 0.671. The molecule has 7 nitrogen and oxygen atoms in total. The van der Waals surface area contributed by atoms with Crippen LogP contribution in [-0.4, -0.2) is 36.8 Å². The van der Waals surface area contributed by atoms with Crippen molar-refractivity contribution in [2.75, 3.05) is 7.11 Å². The van der Waals surface area contributed by atoms with E-state index in [-0.39, 0.29) is 41.5 Å². The molecule has 3 saturated carbocycles. The predicted molar refractivity (Wildman–Crippen MR) is 145 cm³/mol. The number of fused-ring (bicyclic) bond motifs is 5. The molecule has 4 aliphatic carbocycles. The van der Waals surface area contributed by atoms with Gasteiger partial charge in [-0.3, -0.25) is 14.4 Å². The maximum atomic E-state index is 12.9. The predicted octanol–water partition coefficient (Wildman–Crippen LogP) is 5.24. The zero-order valence-corrected chi connectivity index (χ0v) is 23.4. The molecule has 3 fully saturated rings. The lowest BCUT2D eigenvalue weighted by atomic mass is 9.47. The summed E-state index contributed by atoms with van der Waals surface area (Å²) in [4.78, 5) is 49.9. The molecule has 7 atom stereocenters. The molecule has 210 valence electrons. The third kappa shape index (κ3) is 5.17. The third-order valence-electron chi connectivity index (χ3n) is 10.6. The van der Waals surface area contributed by atoms with Crippen molar-refractivity contribution >= 4 is 23.6 Å². The Morgan fingerprint density at radius 2 is 1.74 bits per heavy atom. The second-order valence-electron chi connectivity index (χ2n) is 12.5. The van der Waals surface area contributed by atoms with Crippen molar-refractivity contribution in [1.29, 1.82) is 0 Å². The van der Waals surface area contributed by atoms with Crippen molar-refractivity contribution < 1.29 is 28.7 Å². The standard InChI is InChI=1S/C32H41NO6/c1-31-17-15-22(34)19-21(31)9-10-23-24-11-12-26(32(24,2)18-16-25(23)31)39-28(36)14-13-27(35)33-29(30(37)38-3)20-7-5-4-6-8-20/h4-8,19,23-26,29H,9-18H2,1-3H3,(H,33,35)/t23-,24-,25-,26+,29+,31-,32-/m0/s1. The molecule has 0 bridgehead atoms. The van der Waals surface area contributed by atoms with Crippen LogP contribution in [0.15, 0.2) is 42.0 Å². The Hall–Kier alpha value is -2.96. The van der Waals surface area contributed by atoms with E-state index < -0.39 is 17.9 Å². The lowest BCUT2D eigenvalue weighted by Gasteiger charge is -2.57. The van der Waals surface area contributed by atoms with Gasteiger partial charge in [-0.05, 0) is 79.8 Å². The quantitative estimate of drug-likeness (QED) is 0.480. The van der Waals surface area contributed by atoms with Crippen LogP contribution in [0.1, 0.15) is 89.7 Å². The summed E-state index contributed by atoms with van der Waals surface area (Å²) in [6.45, 7) is 4.68. The molecule has 0 unspecified atom stereocenters. The number of esters is 2. The van der Waals surface area contributed by atoms with Gasteiger partial charge in [0, 0.05) is 18.3 Å². The van der Waals surface area contributed by atoms with Gasteiger partial charge >= 0.3 is 11.9 Å². The van der Waals surface area contributed by atoms with Crippen LogP contribution in [0.25, 0.3) is 0 Å². The topological polar surface area (TPSA) is 98.8 Å². The van der Waals surface area contributed by atoms with Gasteiger partial charge in [-0.2, -0.15) is 0 Å². The molecule has 7 heteroatoms. The number of methoxy groups -OCH3 is 1. The van der Waals surface area contributed by atoms with Gasteiger partial charge in [0.1, 0.15) is 6.10 Å². The van der Waals surface area contributed by atoms with Crippen molar-refractivity contribution in [2.24, 2.45) is 28.6 Å². The fraction of sp³-hybridized carbons (Fsp3) is 0.625. The number of amides is 1. The van der Waals surface area contributed by atoms with E-state index in [1.807, 2.05) is 12.1 Å². The van der Waals surface area contributed by atoms with Crippen LogP contribution in [0.3, 0.4) is 0 Å². The Labute approximate surface area is 231 Å². The highest BCUT2D eigenvalue weighted by molar-refractivity contribution is 5.91. The lowest BCUT2D eigenvalue weighted by Crippen LogP contribution is -2.51. The first-order chi connectivity index (χ1) is 18.7. The second kappa shape index (κ2) is 10.9. The monoisotopic (exact) mass is 535 g/mol. The van der Waals surface area contributed by atoms with Crippen molar-refractivity contribution in [1.82, 2.24) is 5.32 Å². The van der Waals surface area contributed by atoms with Gasteiger partial charge in [-0.15, -0.1) is 0 Å². The third-order valence-corrected chi connectivity index (χ3v) is 10.6. The largest absolute Gasteiger partial charge is 0.467 e. The summed E-state index contributed by atoms with van der Waals surface area (Å²) in [5.41, 5.74) is 2.07. The van der Waals surface area contributed by atoms with E-state index in [0.717, 1.165) is 44.9 Å². The molecule has 0 heterocycles. The first-order valence-corrected chi connectivity index (χ1v) is 14.5. The van der Waals surface area contributed by atoms with E-state index >= 15 is 0 Å². The van der Waals surface area contributed by atoms with E-state index in [4.69, 9.17) is 9.47 Å². The lowest BCUT2D eigenvalue weighted by molar-refractivity contribution is -0.160. The molecule has 1 aromatic rings. The number of carbonyl (C=O) groups excluding carboxylic acids is 4. The molecule has 1 amide bonds. The Kier molecular flexibility index (Phi) is 7.71. The minimum Gasteiger partial charge on any atom is -0.467 e. The number of hydrogen-bond acceptors (Lipinski definition) is 6. The van der Waals surface area contributed by atoms with Gasteiger partial charge in [-0.25, -0.2) is 4.79 Å². The molecule has 1 aromatic carbocycles.